The lowest BCUT2D eigenvalue weighted by atomic mass is 10.1. The highest BCUT2D eigenvalue weighted by molar-refractivity contribution is 7.92. The molecule has 2 amide bonds. The zero-order valence-electron chi connectivity index (χ0n) is 22.4. The fraction of sp³-hybridized carbons (Fsp3) is 0.310. The molecule has 0 bridgehead atoms. The standard InChI is InChI=1S/C29H33Cl2N3O4S/c1-5-27(29(36)32-6-2)33(18-22-9-7-8-21(4)14-22)28(35)19-34(25-16-23(30)15-24(31)17-25)39(37,38)26-12-10-20(3)11-13-26/h7-17,27H,5-6,18-19H2,1-4H3,(H,32,36)/t27-/m1/s1. The van der Waals surface area contributed by atoms with Crippen LogP contribution in [0.1, 0.15) is 37.0 Å². The Morgan fingerprint density at radius 1 is 0.897 bits per heavy atom. The van der Waals surface area contributed by atoms with Crippen LogP contribution in [0.25, 0.3) is 0 Å². The number of aryl methyl sites for hydroxylation is 2. The number of nitrogens with zero attached hydrogens (tertiary/aromatic N) is 2. The number of nitrogens with one attached hydrogen (secondary N) is 1. The summed E-state index contributed by atoms with van der Waals surface area (Å²) in [5.74, 6) is -0.846. The second-order valence-electron chi connectivity index (χ2n) is 9.28. The minimum absolute atomic E-state index is 0.0120. The molecule has 0 spiro atoms. The molecule has 7 nitrogen and oxygen atoms in total. The van der Waals surface area contributed by atoms with Gasteiger partial charge in [0.25, 0.3) is 10.0 Å². The van der Waals surface area contributed by atoms with Crippen molar-refractivity contribution in [2.75, 3.05) is 17.4 Å². The van der Waals surface area contributed by atoms with Crippen LogP contribution in [0.2, 0.25) is 10.0 Å². The van der Waals surface area contributed by atoms with Crippen molar-refractivity contribution in [3.05, 3.63) is 93.5 Å². The van der Waals surface area contributed by atoms with Crippen LogP contribution in [0.5, 0.6) is 0 Å². The average molecular weight is 591 g/mol. The van der Waals surface area contributed by atoms with Gasteiger partial charge in [0.2, 0.25) is 11.8 Å². The summed E-state index contributed by atoms with van der Waals surface area (Å²) >= 11 is 12.5. The molecular weight excluding hydrogens is 557 g/mol. The number of likely N-dealkylation sites (N-methyl/N-ethyl adjacent to an activating group) is 1. The van der Waals surface area contributed by atoms with Crippen molar-refractivity contribution in [2.45, 2.75) is 51.6 Å². The first-order valence-corrected chi connectivity index (χ1v) is 14.8. The van der Waals surface area contributed by atoms with E-state index in [4.69, 9.17) is 23.2 Å². The highest BCUT2D eigenvalue weighted by Gasteiger charge is 2.33. The number of anilines is 1. The van der Waals surface area contributed by atoms with Gasteiger partial charge in [-0.1, -0.05) is 77.7 Å². The Bertz CT molecular complexity index is 1410. The zero-order chi connectivity index (χ0) is 28.7. The minimum atomic E-state index is -4.21. The van der Waals surface area contributed by atoms with E-state index >= 15 is 0 Å². The number of benzene rings is 3. The molecule has 0 aliphatic heterocycles. The largest absolute Gasteiger partial charge is 0.355 e. The van der Waals surface area contributed by atoms with Crippen LogP contribution in [0.15, 0.2) is 71.6 Å². The second kappa shape index (κ2) is 13.3. The number of carbonyl (C=O) groups is 2. The fourth-order valence-electron chi connectivity index (χ4n) is 4.27. The minimum Gasteiger partial charge on any atom is -0.355 e. The molecule has 3 aromatic carbocycles. The molecule has 208 valence electrons. The van der Waals surface area contributed by atoms with Gasteiger partial charge in [-0.3, -0.25) is 13.9 Å². The lowest BCUT2D eigenvalue weighted by Gasteiger charge is -2.33. The molecule has 0 saturated heterocycles. The van der Waals surface area contributed by atoms with Crippen LogP contribution in [-0.4, -0.2) is 44.3 Å². The Kier molecular flexibility index (Phi) is 10.4. The van der Waals surface area contributed by atoms with E-state index < -0.39 is 28.5 Å². The van der Waals surface area contributed by atoms with Crippen molar-refractivity contribution in [3.63, 3.8) is 0 Å². The first kappa shape index (κ1) is 30.5. The van der Waals surface area contributed by atoms with Crippen molar-refractivity contribution in [1.29, 1.82) is 0 Å². The topological polar surface area (TPSA) is 86.8 Å². The highest BCUT2D eigenvalue weighted by atomic mass is 35.5. The molecule has 3 rings (SSSR count). The Morgan fingerprint density at radius 3 is 2.10 bits per heavy atom. The smallest absolute Gasteiger partial charge is 0.264 e. The van der Waals surface area contributed by atoms with Crippen molar-refractivity contribution in [2.24, 2.45) is 0 Å². The lowest BCUT2D eigenvalue weighted by molar-refractivity contribution is -0.140. The van der Waals surface area contributed by atoms with E-state index in [2.05, 4.69) is 5.32 Å². The van der Waals surface area contributed by atoms with Gasteiger partial charge in [0, 0.05) is 23.1 Å². The molecule has 0 radical (unpaired) electrons. The quantitative estimate of drug-likeness (QED) is 0.308. The Balaban J connectivity index is 2.10. The number of sulfonamides is 1. The van der Waals surface area contributed by atoms with E-state index in [1.165, 1.54) is 35.2 Å². The van der Waals surface area contributed by atoms with Crippen LogP contribution in [0.3, 0.4) is 0 Å². The van der Waals surface area contributed by atoms with E-state index in [0.717, 1.165) is 21.0 Å². The first-order chi connectivity index (χ1) is 18.5. The zero-order valence-corrected chi connectivity index (χ0v) is 24.8. The second-order valence-corrected chi connectivity index (χ2v) is 12.0. The number of hydrogen-bond donors (Lipinski definition) is 1. The van der Waals surface area contributed by atoms with E-state index in [0.29, 0.717) is 13.0 Å². The van der Waals surface area contributed by atoms with E-state index in [-0.39, 0.29) is 33.1 Å². The summed E-state index contributed by atoms with van der Waals surface area (Å²) in [6, 6.07) is 17.5. The lowest BCUT2D eigenvalue weighted by Crippen LogP contribution is -2.52. The molecule has 1 atom stereocenters. The van der Waals surface area contributed by atoms with E-state index in [9.17, 15) is 18.0 Å². The van der Waals surface area contributed by atoms with Crippen molar-refractivity contribution >= 4 is 50.7 Å². The summed E-state index contributed by atoms with van der Waals surface area (Å²) in [6.07, 6.45) is 0.344. The maximum atomic E-state index is 14.0. The van der Waals surface area contributed by atoms with Crippen molar-refractivity contribution in [3.8, 4) is 0 Å². The SMILES string of the molecule is CCNC(=O)[C@@H](CC)N(Cc1cccc(C)c1)C(=O)CN(c1cc(Cl)cc(Cl)c1)S(=O)(=O)c1ccc(C)cc1. The Morgan fingerprint density at radius 2 is 1.54 bits per heavy atom. The Hall–Kier alpha value is -3.07. The molecule has 3 aromatic rings. The van der Waals surface area contributed by atoms with Gasteiger partial charge in [0.05, 0.1) is 10.6 Å². The predicted molar refractivity (Wildman–Crippen MR) is 157 cm³/mol. The molecule has 0 unspecified atom stereocenters. The Labute approximate surface area is 240 Å². The molecule has 1 N–H and O–H groups in total. The number of hydrogen-bond acceptors (Lipinski definition) is 4. The summed E-state index contributed by atoms with van der Waals surface area (Å²) in [6.45, 7) is 7.37. The summed E-state index contributed by atoms with van der Waals surface area (Å²) in [5.41, 5.74) is 2.86. The highest BCUT2D eigenvalue weighted by Crippen LogP contribution is 2.30. The van der Waals surface area contributed by atoms with Gasteiger partial charge >= 0.3 is 0 Å². The number of carbonyl (C=O) groups excluding carboxylic acids is 2. The molecular formula is C29H33Cl2N3O4S. The number of amides is 2. The predicted octanol–water partition coefficient (Wildman–Crippen LogP) is 5.75. The molecule has 0 aliphatic carbocycles. The average Bonchev–Trinajstić information content (AvgIpc) is 2.86. The van der Waals surface area contributed by atoms with Gasteiger partial charge < -0.3 is 10.2 Å². The summed E-state index contributed by atoms with van der Waals surface area (Å²) < 4.78 is 28.8. The monoisotopic (exact) mass is 589 g/mol. The fourth-order valence-corrected chi connectivity index (χ4v) is 6.18. The molecule has 0 aliphatic rings. The molecule has 10 heteroatoms. The summed E-state index contributed by atoms with van der Waals surface area (Å²) in [4.78, 5) is 28.4. The maximum Gasteiger partial charge on any atom is 0.264 e. The third-order valence-corrected chi connectivity index (χ3v) is 8.42. The normalized spacial score (nSPS) is 12.1. The van der Waals surface area contributed by atoms with E-state index in [1.807, 2.05) is 45.0 Å². The summed E-state index contributed by atoms with van der Waals surface area (Å²) in [5, 5.41) is 3.23. The molecule has 0 aromatic heterocycles. The van der Waals surface area contributed by atoms with Crippen LogP contribution >= 0.6 is 23.2 Å². The van der Waals surface area contributed by atoms with Crippen molar-refractivity contribution in [1.82, 2.24) is 10.2 Å². The number of rotatable bonds is 11. The van der Waals surface area contributed by atoms with E-state index in [1.54, 1.807) is 19.1 Å². The maximum absolute atomic E-state index is 14.0. The van der Waals surface area contributed by atoms with Crippen LogP contribution < -0.4 is 9.62 Å². The van der Waals surface area contributed by atoms with Gasteiger partial charge in [0.1, 0.15) is 12.6 Å². The van der Waals surface area contributed by atoms with Gasteiger partial charge in [0.15, 0.2) is 0 Å². The van der Waals surface area contributed by atoms with Crippen LogP contribution in [-0.2, 0) is 26.2 Å². The summed E-state index contributed by atoms with van der Waals surface area (Å²) in [7, 11) is -4.21. The molecule has 0 heterocycles. The van der Waals surface area contributed by atoms with Gasteiger partial charge in [-0.25, -0.2) is 8.42 Å². The van der Waals surface area contributed by atoms with Crippen LogP contribution in [0, 0.1) is 13.8 Å². The molecule has 0 saturated carbocycles. The third-order valence-electron chi connectivity index (χ3n) is 6.20. The first-order valence-electron chi connectivity index (χ1n) is 12.6. The van der Waals surface area contributed by atoms with Gasteiger partial charge in [-0.05, 0) is 63.1 Å². The van der Waals surface area contributed by atoms with Crippen LogP contribution in [0.4, 0.5) is 5.69 Å². The molecule has 39 heavy (non-hydrogen) atoms. The van der Waals surface area contributed by atoms with Crippen molar-refractivity contribution < 1.29 is 18.0 Å². The molecule has 0 fully saturated rings. The third kappa shape index (κ3) is 7.75. The number of halogens is 2. The van der Waals surface area contributed by atoms with Gasteiger partial charge in [-0.15, -0.1) is 0 Å². The van der Waals surface area contributed by atoms with Gasteiger partial charge in [-0.2, -0.15) is 0 Å².